The zero-order chi connectivity index (χ0) is 17.5. The number of nitrogens with one attached hydrogen (secondary N) is 2. The van der Waals surface area contributed by atoms with Crippen LogP contribution in [0.15, 0.2) is 23.2 Å². The molecule has 1 aromatic carbocycles. The molecular weight excluding hydrogens is 331 g/mol. The van der Waals surface area contributed by atoms with Crippen molar-refractivity contribution in [3.05, 3.63) is 34.6 Å². The van der Waals surface area contributed by atoms with Crippen LogP contribution in [-0.4, -0.2) is 44.0 Å². The molecule has 0 aliphatic carbocycles. The second-order valence-electron chi connectivity index (χ2n) is 5.96. The van der Waals surface area contributed by atoms with Crippen LogP contribution in [0.2, 0.25) is 5.02 Å². The lowest BCUT2D eigenvalue weighted by atomic mass is 9.93. The summed E-state index contributed by atoms with van der Waals surface area (Å²) in [5.41, 5.74) is 0.900. The van der Waals surface area contributed by atoms with Gasteiger partial charge in [-0.2, -0.15) is 0 Å². The monoisotopic (exact) mass is 354 g/mol. The first-order valence-electron chi connectivity index (χ1n) is 8.13. The van der Waals surface area contributed by atoms with Gasteiger partial charge in [0.1, 0.15) is 5.82 Å². The lowest BCUT2D eigenvalue weighted by Crippen LogP contribution is -2.45. The van der Waals surface area contributed by atoms with E-state index in [4.69, 9.17) is 11.6 Å². The van der Waals surface area contributed by atoms with Crippen LogP contribution in [0.25, 0.3) is 0 Å². The highest BCUT2D eigenvalue weighted by Crippen LogP contribution is 2.20. The van der Waals surface area contributed by atoms with Crippen LogP contribution in [0.5, 0.6) is 0 Å². The average molecular weight is 355 g/mol. The quantitative estimate of drug-likeness (QED) is 0.645. The van der Waals surface area contributed by atoms with Gasteiger partial charge in [0.15, 0.2) is 5.96 Å². The number of guanidine groups is 1. The molecule has 1 amide bonds. The van der Waals surface area contributed by atoms with Crippen molar-refractivity contribution in [2.75, 3.05) is 27.2 Å². The molecule has 2 N–H and O–H groups in total. The van der Waals surface area contributed by atoms with Gasteiger partial charge in [-0.25, -0.2) is 4.39 Å². The third-order valence-corrected chi connectivity index (χ3v) is 4.60. The normalized spacial score (nSPS) is 16.2. The van der Waals surface area contributed by atoms with Gasteiger partial charge in [0.25, 0.3) is 0 Å². The first kappa shape index (κ1) is 18.5. The van der Waals surface area contributed by atoms with E-state index in [9.17, 15) is 9.18 Å². The van der Waals surface area contributed by atoms with Gasteiger partial charge in [0, 0.05) is 40.2 Å². The Labute approximate surface area is 147 Å². The molecule has 0 saturated carbocycles. The molecule has 5 nitrogen and oxygen atoms in total. The summed E-state index contributed by atoms with van der Waals surface area (Å²) >= 11 is 5.81. The SMILES string of the molecule is CN=C(NCc1ccc(F)c(Cl)c1)N1CCC(CC(=O)NC)CC1. The van der Waals surface area contributed by atoms with Crippen molar-refractivity contribution < 1.29 is 9.18 Å². The summed E-state index contributed by atoms with van der Waals surface area (Å²) in [7, 11) is 3.42. The summed E-state index contributed by atoms with van der Waals surface area (Å²) in [5.74, 6) is 0.927. The molecule has 1 heterocycles. The summed E-state index contributed by atoms with van der Waals surface area (Å²) in [6.07, 6.45) is 2.53. The van der Waals surface area contributed by atoms with Gasteiger partial charge in [-0.1, -0.05) is 17.7 Å². The second kappa shape index (κ2) is 8.87. The molecule has 0 spiro atoms. The van der Waals surface area contributed by atoms with Gasteiger partial charge < -0.3 is 15.5 Å². The van der Waals surface area contributed by atoms with E-state index >= 15 is 0 Å². The average Bonchev–Trinajstić information content (AvgIpc) is 2.59. The summed E-state index contributed by atoms with van der Waals surface area (Å²) < 4.78 is 13.2. The molecule has 0 aromatic heterocycles. The van der Waals surface area contributed by atoms with Gasteiger partial charge in [-0.05, 0) is 36.5 Å². The van der Waals surface area contributed by atoms with Gasteiger partial charge >= 0.3 is 0 Å². The number of rotatable bonds is 4. The maximum absolute atomic E-state index is 13.2. The molecule has 0 radical (unpaired) electrons. The fraction of sp³-hybridized carbons (Fsp3) is 0.529. The first-order chi connectivity index (χ1) is 11.5. The highest BCUT2D eigenvalue weighted by Gasteiger charge is 2.23. The van der Waals surface area contributed by atoms with Crippen molar-refractivity contribution >= 4 is 23.5 Å². The van der Waals surface area contributed by atoms with E-state index in [2.05, 4.69) is 20.5 Å². The number of carbonyl (C=O) groups excluding carboxylic acids is 1. The van der Waals surface area contributed by atoms with Crippen molar-refractivity contribution in [1.82, 2.24) is 15.5 Å². The molecule has 1 fully saturated rings. The Bertz CT molecular complexity index is 600. The summed E-state index contributed by atoms with van der Waals surface area (Å²) in [5, 5.41) is 6.09. The van der Waals surface area contributed by atoms with E-state index in [-0.39, 0.29) is 10.9 Å². The molecule has 1 saturated heterocycles. The molecule has 0 bridgehead atoms. The third kappa shape index (κ3) is 5.09. The Kier molecular flexibility index (Phi) is 6.85. The van der Waals surface area contributed by atoms with Gasteiger partial charge in [-0.15, -0.1) is 0 Å². The predicted molar refractivity (Wildman–Crippen MR) is 94.6 cm³/mol. The number of nitrogens with zero attached hydrogens (tertiary/aromatic N) is 2. The Morgan fingerprint density at radius 2 is 2.12 bits per heavy atom. The molecule has 1 aliphatic heterocycles. The maximum Gasteiger partial charge on any atom is 0.220 e. The number of halogens is 2. The summed E-state index contributed by atoms with van der Waals surface area (Å²) in [6.45, 7) is 2.27. The highest BCUT2D eigenvalue weighted by molar-refractivity contribution is 6.30. The minimum atomic E-state index is -0.414. The second-order valence-corrected chi connectivity index (χ2v) is 6.36. The van der Waals surface area contributed by atoms with Gasteiger partial charge in [0.2, 0.25) is 5.91 Å². The number of piperidine rings is 1. The van der Waals surface area contributed by atoms with Crippen molar-refractivity contribution in [2.24, 2.45) is 10.9 Å². The van der Waals surface area contributed by atoms with E-state index in [0.29, 0.717) is 18.9 Å². The molecule has 2 rings (SSSR count). The van der Waals surface area contributed by atoms with Gasteiger partial charge in [-0.3, -0.25) is 9.79 Å². The van der Waals surface area contributed by atoms with Crippen molar-refractivity contribution in [1.29, 1.82) is 0 Å². The fourth-order valence-electron chi connectivity index (χ4n) is 2.88. The topological polar surface area (TPSA) is 56.7 Å². The molecule has 1 aromatic rings. The minimum Gasteiger partial charge on any atom is -0.359 e. The number of hydrogen-bond acceptors (Lipinski definition) is 2. The molecule has 132 valence electrons. The number of benzene rings is 1. The number of amides is 1. The fourth-order valence-corrected chi connectivity index (χ4v) is 3.08. The van der Waals surface area contributed by atoms with E-state index in [1.54, 1.807) is 26.2 Å². The molecule has 7 heteroatoms. The van der Waals surface area contributed by atoms with Crippen LogP contribution in [0.4, 0.5) is 4.39 Å². The van der Waals surface area contributed by atoms with Crippen LogP contribution in [0.1, 0.15) is 24.8 Å². The van der Waals surface area contributed by atoms with Crippen LogP contribution in [0, 0.1) is 11.7 Å². The Morgan fingerprint density at radius 1 is 1.42 bits per heavy atom. The Hall–Kier alpha value is -1.82. The summed E-state index contributed by atoms with van der Waals surface area (Å²) in [4.78, 5) is 18.0. The number of carbonyl (C=O) groups is 1. The Balaban J connectivity index is 1.84. The lowest BCUT2D eigenvalue weighted by Gasteiger charge is -2.34. The van der Waals surface area contributed by atoms with Crippen LogP contribution < -0.4 is 10.6 Å². The zero-order valence-electron chi connectivity index (χ0n) is 14.1. The zero-order valence-corrected chi connectivity index (χ0v) is 14.9. The highest BCUT2D eigenvalue weighted by atomic mass is 35.5. The molecular formula is C17H24ClFN4O. The molecule has 0 atom stereocenters. The van der Waals surface area contributed by atoms with E-state index < -0.39 is 5.82 Å². The predicted octanol–water partition coefficient (Wildman–Crippen LogP) is 2.40. The van der Waals surface area contributed by atoms with Crippen molar-refractivity contribution in [3.8, 4) is 0 Å². The number of aliphatic imine (C=N–C) groups is 1. The van der Waals surface area contributed by atoms with E-state index in [1.165, 1.54) is 6.07 Å². The smallest absolute Gasteiger partial charge is 0.220 e. The van der Waals surface area contributed by atoms with Crippen LogP contribution in [0.3, 0.4) is 0 Å². The van der Waals surface area contributed by atoms with Gasteiger partial charge in [0.05, 0.1) is 5.02 Å². The van der Waals surface area contributed by atoms with Crippen molar-refractivity contribution in [3.63, 3.8) is 0 Å². The van der Waals surface area contributed by atoms with Crippen LogP contribution in [-0.2, 0) is 11.3 Å². The molecule has 24 heavy (non-hydrogen) atoms. The standard InChI is InChI=1S/C17H24ClFN4O/c1-20-16(24)10-12-5-7-23(8-6-12)17(21-2)22-11-13-3-4-15(19)14(18)9-13/h3-4,9,12H,5-8,10-11H2,1-2H3,(H,20,24)(H,21,22). The minimum absolute atomic E-state index is 0.101. The first-order valence-corrected chi connectivity index (χ1v) is 8.51. The van der Waals surface area contributed by atoms with E-state index in [0.717, 1.165) is 37.5 Å². The largest absolute Gasteiger partial charge is 0.359 e. The van der Waals surface area contributed by atoms with Crippen LogP contribution >= 0.6 is 11.6 Å². The number of hydrogen-bond donors (Lipinski definition) is 2. The summed E-state index contributed by atoms with van der Waals surface area (Å²) in [6, 6.07) is 4.69. The Morgan fingerprint density at radius 3 is 2.71 bits per heavy atom. The maximum atomic E-state index is 13.2. The van der Waals surface area contributed by atoms with Crippen molar-refractivity contribution in [2.45, 2.75) is 25.8 Å². The third-order valence-electron chi connectivity index (χ3n) is 4.31. The molecule has 1 aliphatic rings. The lowest BCUT2D eigenvalue weighted by molar-refractivity contribution is -0.121. The number of likely N-dealkylation sites (tertiary alicyclic amines) is 1. The van der Waals surface area contributed by atoms with E-state index in [1.807, 2.05) is 0 Å². The molecule has 0 unspecified atom stereocenters.